The summed E-state index contributed by atoms with van der Waals surface area (Å²) in [6.45, 7) is 4.65. The Labute approximate surface area is 130 Å². The van der Waals surface area contributed by atoms with Gasteiger partial charge < -0.3 is 14.4 Å². The number of fused-ring (bicyclic) bond motifs is 1. The highest BCUT2D eigenvalue weighted by Crippen LogP contribution is 2.45. The topological polar surface area (TPSA) is 62.6 Å². The standard InChI is InChI=1S/C17H20N2O3/c1-17(2)16(21-3)15(19-8-4-5-14(19)20)12-9-11(10-18)6-7-13(12)22-17/h6-7,9,15-16H,4-5,8H2,1-3H3/t15-,16+/m1/s1. The first kappa shape index (κ1) is 14.9. The Morgan fingerprint density at radius 3 is 2.82 bits per heavy atom. The molecule has 0 aliphatic carbocycles. The Hall–Kier alpha value is -2.06. The van der Waals surface area contributed by atoms with Crippen molar-refractivity contribution in [3.05, 3.63) is 29.3 Å². The summed E-state index contributed by atoms with van der Waals surface area (Å²) in [5.41, 5.74) is 0.873. The van der Waals surface area contributed by atoms with Crippen molar-refractivity contribution in [3.63, 3.8) is 0 Å². The number of ether oxygens (including phenoxy) is 2. The second-order valence-corrected chi connectivity index (χ2v) is 6.36. The van der Waals surface area contributed by atoms with E-state index < -0.39 is 5.60 Å². The minimum atomic E-state index is -0.552. The Balaban J connectivity index is 2.14. The summed E-state index contributed by atoms with van der Waals surface area (Å²) in [4.78, 5) is 14.1. The third-order valence-corrected chi connectivity index (χ3v) is 4.50. The van der Waals surface area contributed by atoms with Gasteiger partial charge in [0, 0.05) is 25.6 Å². The molecule has 22 heavy (non-hydrogen) atoms. The molecule has 1 fully saturated rings. The van der Waals surface area contributed by atoms with Gasteiger partial charge in [-0.25, -0.2) is 0 Å². The molecule has 5 heteroatoms. The van der Waals surface area contributed by atoms with E-state index in [9.17, 15) is 4.79 Å². The van der Waals surface area contributed by atoms with Gasteiger partial charge in [0.05, 0.1) is 17.7 Å². The van der Waals surface area contributed by atoms with Crippen LogP contribution in [-0.4, -0.2) is 36.2 Å². The molecule has 3 rings (SSSR count). The van der Waals surface area contributed by atoms with Crippen molar-refractivity contribution < 1.29 is 14.3 Å². The summed E-state index contributed by atoms with van der Waals surface area (Å²) in [6.07, 6.45) is 1.15. The van der Waals surface area contributed by atoms with Crippen LogP contribution in [0.1, 0.15) is 43.9 Å². The van der Waals surface area contributed by atoms with E-state index in [2.05, 4.69) is 6.07 Å². The fourth-order valence-corrected chi connectivity index (χ4v) is 3.53. The number of nitriles is 1. The summed E-state index contributed by atoms with van der Waals surface area (Å²) >= 11 is 0. The van der Waals surface area contributed by atoms with Gasteiger partial charge >= 0.3 is 0 Å². The van der Waals surface area contributed by atoms with Crippen LogP contribution in [0.25, 0.3) is 0 Å². The lowest BCUT2D eigenvalue weighted by Crippen LogP contribution is -2.54. The van der Waals surface area contributed by atoms with Gasteiger partial charge in [0.15, 0.2) is 0 Å². The van der Waals surface area contributed by atoms with E-state index in [0.29, 0.717) is 12.0 Å². The monoisotopic (exact) mass is 300 g/mol. The predicted octanol–water partition coefficient (Wildman–Crippen LogP) is 2.41. The molecule has 0 unspecified atom stereocenters. The molecule has 1 aromatic carbocycles. The van der Waals surface area contributed by atoms with E-state index in [4.69, 9.17) is 14.7 Å². The predicted molar refractivity (Wildman–Crippen MR) is 80.3 cm³/mol. The minimum Gasteiger partial charge on any atom is -0.485 e. The number of rotatable bonds is 2. The quantitative estimate of drug-likeness (QED) is 0.841. The molecular formula is C17H20N2O3. The number of hydrogen-bond donors (Lipinski definition) is 0. The van der Waals surface area contributed by atoms with Crippen LogP contribution in [0.3, 0.4) is 0 Å². The van der Waals surface area contributed by atoms with Crippen LogP contribution in [0, 0.1) is 11.3 Å². The Bertz CT molecular complexity index is 648. The molecule has 0 spiro atoms. The zero-order valence-electron chi connectivity index (χ0n) is 13.1. The lowest BCUT2D eigenvalue weighted by Gasteiger charge is -2.47. The first-order valence-corrected chi connectivity index (χ1v) is 7.53. The summed E-state index contributed by atoms with van der Waals surface area (Å²) in [5.74, 6) is 0.861. The summed E-state index contributed by atoms with van der Waals surface area (Å²) < 4.78 is 11.8. The molecule has 0 saturated carbocycles. The van der Waals surface area contributed by atoms with Crippen molar-refractivity contribution in [2.45, 2.75) is 44.4 Å². The highest BCUT2D eigenvalue weighted by molar-refractivity contribution is 5.79. The van der Waals surface area contributed by atoms with Gasteiger partial charge in [-0.1, -0.05) is 0 Å². The fourth-order valence-electron chi connectivity index (χ4n) is 3.53. The molecule has 5 nitrogen and oxygen atoms in total. The number of amides is 1. The smallest absolute Gasteiger partial charge is 0.223 e. The number of methoxy groups -OCH3 is 1. The minimum absolute atomic E-state index is 0.137. The Morgan fingerprint density at radius 2 is 2.23 bits per heavy atom. The molecule has 0 aromatic heterocycles. The highest BCUT2D eigenvalue weighted by atomic mass is 16.6. The molecule has 2 aliphatic heterocycles. The van der Waals surface area contributed by atoms with Gasteiger partial charge in [-0.3, -0.25) is 4.79 Å². The van der Waals surface area contributed by atoms with Crippen LogP contribution >= 0.6 is 0 Å². The van der Waals surface area contributed by atoms with E-state index in [1.807, 2.05) is 30.9 Å². The van der Waals surface area contributed by atoms with Crippen LogP contribution in [0.2, 0.25) is 0 Å². The maximum Gasteiger partial charge on any atom is 0.223 e. The third kappa shape index (κ3) is 2.24. The van der Waals surface area contributed by atoms with Crippen molar-refractivity contribution in [2.75, 3.05) is 13.7 Å². The number of likely N-dealkylation sites (tertiary alicyclic amines) is 1. The maximum absolute atomic E-state index is 12.3. The summed E-state index contributed by atoms with van der Waals surface area (Å²) in [6, 6.07) is 7.31. The first-order chi connectivity index (χ1) is 10.5. The second kappa shape index (κ2) is 5.29. The Kier molecular flexibility index (Phi) is 3.57. The van der Waals surface area contributed by atoms with Gasteiger partial charge in [0.2, 0.25) is 5.91 Å². The fraction of sp³-hybridized carbons (Fsp3) is 0.529. The number of benzene rings is 1. The van der Waals surface area contributed by atoms with Crippen molar-refractivity contribution >= 4 is 5.91 Å². The number of carbonyl (C=O) groups excluding carboxylic acids is 1. The van der Waals surface area contributed by atoms with Gasteiger partial charge in [-0.05, 0) is 38.5 Å². The third-order valence-electron chi connectivity index (χ3n) is 4.50. The van der Waals surface area contributed by atoms with E-state index in [1.165, 1.54) is 0 Å². The second-order valence-electron chi connectivity index (χ2n) is 6.36. The molecule has 116 valence electrons. The van der Waals surface area contributed by atoms with E-state index in [0.717, 1.165) is 24.3 Å². The number of nitrogens with zero attached hydrogens (tertiary/aromatic N) is 2. The van der Waals surface area contributed by atoms with Gasteiger partial charge in [-0.2, -0.15) is 5.26 Å². The van der Waals surface area contributed by atoms with Crippen molar-refractivity contribution in [1.29, 1.82) is 5.26 Å². The molecule has 2 aliphatic rings. The molecule has 0 N–H and O–H groups in total. The van der Waals surface area contributed by atoms with Gasteiger partial charge in [-0.15, -0.1) is 0 Å². The van der Waals surface area contributed by atoms with Crippen molar-refractivity contribution in [3.8, 4) is 11.8 Å². The number of carbonyl (C=O) groups is 1. The van der Waals surface area contributed by atoms with Crippen molar-refractivity contribution in [1.82, 2.24) is 4.90 Å². The molecule has 1 amide bonds. The molecule has 2 atom stereocenters. The highest BCUT2D eigenvalue weighted by Gasteiger charge is 2.48. The first-order valence-electron chi connectivity index (χ1n) is 7.53. The average Bonchev–Trinajstić information content (AvgIpc) is 2.90. The zero-order valence-corrected chi connectivity index (χ0v) is 13.1. The molecular weight excluding hydrogens is 280 g/mol. The average molecular weight is 300 g/mol. The van der Waals surface area contributed by atoms with Gasteiger partial charge in [0.25, 0.3) is 0 Å². The van der Waals surface area contributed by atoms with Gasteiger partial charge in [0.1, 0.15) is 17.5 Å². The summed E-state index contributed by atoms with van der Waals surface area (Å²) in [5, 5.41) is 9.17. The lowest BCUT2D eigenvalue weighted by molar-refractivity contribution is -0.143. The summed E-state index contributed by atoms with van der Waals surface area (Å²) in [7, 11) is 1.64. The van der Waals surface area contributed by atoms with Crippen LogP contribution in [0.5, 0.6) is 5.75 Å². The largest absolute Gasteiger partial charge is 0.485 e. The molecule has 1 saturated heterocycles. The molecule has 0 bridgehead atoms. The van der Waals surface area contributed by atoms with Crippen LogP contribution in [0.15, 0.2) is 18.2 Å². The Morgan fingerprint density at radius 1 is 1.45 bits per heavy atom. The maximum atomic E-state index is 12.3. The zero-order chi connectivity index (χ0) is 15.9. The van der Waals surface area contributed by atoms with Crippen molar-refractivity contribution in [2.24, 2.45) is 0 Å². The van der Waals surface area contributed by atoms with E-state index in [1.54, 1.807) is 13.2 Å². The van der Waals surface area contributed by atoms with Crippen LogP contribution in [0.4, 0.5) is 0 Å². The van der Waals surface area contributed by atoms with Crippen LogP contribution < -0.4 is 4.74 Å². The molecule has 0 radical (unpaired) electrons. The van der Waals surface area contributed by atoms with Crippen LogP contribution in [-0.2, 0) is 9.53 Å². The SMILES string of the molecule is CO[C@H]1[C@H](N2CCCC2=O)c2cc(C#N)ccc2OC1(C)C. The molecule has 2 heterocycles. The lowest BCUT2D eigenvalue weighted by atomic mass is 9.85. The number of hydrogen-bond acceptors (Lipinski definition) is 4. The normalized spacial score (nSPS) is 26.3. The van der Waals surface area contributed by atoms with E-state index >= 15 is 0 Å². The molecule has 1 aromatic rings. The van der Waals surface area contributed by atoms with E-state index in [-0.39, 0.29) is 18.1 Å².